The second-order valence-electron chi connectivity index (χ2n) is 5.02. The molecule has 0 aliphatic heterocycles. The third-order valence-electron chi connectivity index (χ3n) is 3.55. The summed E-state index contributed by atoms with van der Waals surface area (Å²) in [4.78, 5) is 16.3. The van der Waals surface area contributed by atoms with Gasteiger partial charge in [0.05, 0.1) is 24.0 Å². The van der Waals surface area contributed by atoms with Crippen LogP contribution in [0.1, 0.15) is 29.4 Å². The molecule has 1 aromatic carbocycles. The highest BCUT2D eigenvalue weighted by atomic mass is 16.5. The Hall–Kier alpha value is -2.69. The maximum Gasteiger partial charge on any atom is 0.341 e. The lowest BCUT2D eigenvalue weighted by Gasteiger charge is -2.05. The predicted molar refractivity (Wildman–Crippen MR) is 84.2 cm³/mol. The molecule has 2 heterocycles. The van der Waals surface area contributed by atoms with Gasteiger partial charge < -0.3 is 4.74 Å². The van der Waals surface area contributed by atoms with E-state index in [-0.39, 0.29) is 5.97 Å². The van der Waals surface area contributed by atoms with Crippen molar-refractivity contribution in [3.63, 3.8) is 0 Å². The summed E-state index contributed by atoms with van der Waals surface area (Å²) in [6.45, 7) is 2.06. The van der Waals surface area contributed by atoms with Crippen molar-refractivity contribution in [2.24, 2.45) is 0 Å². The highest BCUT2D eigenvalue weighted by Crippen LogP contribution is 2.22. The van der Waals surface area contributed by atoms with Crippen molar-refractivity contribution >= 4 is 16.9 Å². The summed E-state index contributed by atoms with van der Waals surface area (Å²) in [6.07, 6.45) is 5.15. The summed E-state index contributed by atoms with van der Waals surface area (Å²) in [5.41, 5.74) is 3.07. The van der Waals surface area contributed by atoms with Crippen molar-refractivity contribution in [1.29, 1.82) is 0 Å². The molecule has 0 spiro atoms. The van der Waals surface area contributed by atoms with E-state index in [1.807, 2.05) is 30.3 Å². The fourth-order valence-corrected chi connectivity index (χ4v) is 2.52. The Morgan fingerprint density at radius 2 is 2.14 bits per heavy atom. The van der Waals surface area contributed by atoms with E-state index in [0.29, 0.717) is 5.56 Å². The number of ether oxygens (including phenoxy) is 1. The molecule has 0 aliphatic carbocycles. The monoisotopic (exact) mass is 295 g/mol. The van der Waals surface area contributed by atoms with E-state index in [4.69, 9.17) is 4.74 Å². The van der Waals surface area contributed by atoms with Gasteiger partial charge in [-0.3, -0.25) is 4.98 Å². The van der Waals surface area contributed by atoms with Crippen LogP contribution in [0.5, 0.6) is 0 Å². The van der Waals surface area contributed by atoms with Crippen LogP contribution in [0.25, 0.3) is 16.6 Å². The number of aromatic nitrogens is 3. The van der Waals surface area contributed by atoms with Gasteiger partial charge in [0.2, 0.25) is 0 Å². The molecule has 0 saturated carbocycles. The van der Waals surface area contributed by atoms with E-state index in [0.717, 1.165) is 35.1 Å². The van der Waals surface area contributed by atoms with Crippen molar-refractivity contribution in [2.45, 2.75) is 19.8 Å². The van der Waals surface area contributed by atoms with Crippen molar-refractivity contribution < 1.29 is 9.53 Å². The molecule has 0 radical (unpaired) electrons. The number of methoxy groups -OCH3 is 1. The molecule has 3 rings (SSSR count). The highest BCUT2D eigenvalue weighted by Gasteiger charge is 2.17. The summed E-state index contributed by atoms with van der Waals surface area (Å²) in [5, 5.41) is 5.57. The Labute approximate surface area is 128 Å². The van der Waals surface area contributed by atoms with Crippen LogP contribution in [0.15, 0.2) is 42.7 Å². The number of pyridine rings is 1. The fourth-order valence-electron chi connectivity index (χ4n) is 2.52. The number of carbonyl (C=O) groups is 1. The lowest BCUT2D eigenvalue weighted by molar-refractivity contribution is 0.0599. The zero-order chi connectivity index (χ0) is 15.5. The number of hydrogen-bond acceptors (Lipinski definition) is 4. The Kier molecular flexibility index (Phi) is 3.87. The number of benzene rings is 1. The molecule has 0 aliphatic rings. The molecule has 0 unspecified atom stereocenters. The molecule has 0 saturated heterocycles. The van der Waals surface area contributed by atoms with E-state index in [9.17, 15) is 4.79 Å². The third-order valence-corrected chi connectivity index (χ3v) is 3.55. The smallest absolute Gasteiger partial charge is 0.341 e. The number of esters is 1. The Morgan fingerprint density at radius 3 is 2.91 bits per heavy atom. The summed E-state index contributed by atoms with van der Waals surface area (Å²) in [7, 11) is 1.39. The molecule has 3 aromatic rings. The third kappa shape index (κ3) is 2.45. The highest BCUT2D eigenvalue weighted by molar-refractivity contribution is 5.91. The van der Waals surface area contributed by atoms with Gasteiger partial charge in [0.25, 0.3) is 0 Å². The minimum atomic E-state index is -0.354. The van der Waals surface area contributed by atoms with Gasteiger partial charge in [-0.25, -0.2) is 9.48 Å². The first-order valence-electron chi connectivity index (χ1n) is 7.25. The molecule has 5 heteroatoms. The van der Waals surface area contributed by atoms with Gasteiger partial charge in [0.1, 0.15) is 5.56 Å². The van der Waals surface area contributed by atoms with Crippen molar-refractivity contribution in [3.8, 4) is 5.69 Å². The number of nitrogens with zero attached hydrogens (tertiary/aromatic N) is 3. The Morgan fingerprint density at radius 1 is 1.27 bits per heavy atom. The van der Waals surface area contributed by atoms with E-state index in [1.54, 1.807) is 17.1 Å². The minimum Gasteiger partial charge on any atom is -0.465 e. The number of aryl methyl sites for hydroxylation is 1. The van der Waals surface area contributed by atoms with Crippen LogP contribution in [0, 0.1) is 0 Å². The maximum absolute atomic E-state index is 11.9. The first-order valence-corrected chi connectivity index (χ1v) is 7.25. The average molecular weight is 295 g/mol. The molecule has 22 heavy (non-hydrogen) atoms. The minimum absolute atomic E-state index is 0.354. The summed E-state index contributed by atoms with van der Waals surface area (Å²) >= 11 is 0. The summed E-state index contributed by atoms with van der Waals surface area (Å²) in [5.74, 6) is -0.354. The first kappa shape index (κ1) is 14.3. The van der Waals surface area contributed by atoms with Gasteiger partial charge in [-0.05, 0) is 30.7 Å². The van der Waals surface area contributed by atoms with Crippen LogP contribution >= 0.6 is 0 Å². The van der Waals surface area contributed by atoms with Crippen LogP contribution in [0.2, 0.25) is 0 Å². The SMILES string of the molecule is CCCc1nn(-c2cccc3ncccc23)cc1C(=O)OC. The van der Waals surface area contributed by atoms with Crippen LogP contribution in [0.3, 0.4) is 0 Å². The molecule has 0 N–H and O–H groups in total. The number of hydrogen-bond donors (Lipinski definition) is 0. The average Bonchev–Trinajstić information content (AvgIpc) is 2.98. The number of fused-ring (bicyclic) bond motifs is 1. The Bertz CT molecular complexity index is 818. The van der Waals surface area contributed by atoms with Gasteiger partial charge in [-0.15, -0.1) is 0 Å². The van der Waals surface area contributed by atoms with Gasteiger partial charge in [-0.2, -0.15) is 5.10 Å². The van der Waals surface area contributed by atoms with Gasteiger partial charge in [0.15, 0.2) is 0 Å². The van der Waals surface area contributed by atoms with E-state index in [2.05, 4.69) is 17.0 Å². The molecule has 0 fully saturated rings. The molecular formula is C17H17N3O2. The maximum atomic E-state index is 11.9. The van der Waals surface area contributed by atoms with Gasteiger partial charge in [-0.1, -0.05) is 19.4 Å². The summed E-state index contributed by atoms with van der Waals surface area (Å²) in [6, 6.07) is 9.74. The molecular weight excluding hydrogens is 278 g/mol. The zero-order valence-corrected chi connectivity index (χ0v) is 12.6. The molecule has 0 atom stereocenters. The fraction of sp³-hybridized carbons (Fsp3) is 0.235. The molecule has 2 aromatic heterocycles. The zero-order valence-electron chi connectivity index (χ0n) is 12.6. The molecule has 0 amide bonds. The van der Waals surface area contributed by atoms with Crippen molar-refractivity contribution in [2.75, 3.05) is 7.11 Å². The summed E-state index contributed by atoms with van der Waals surface area (Å²) < 4.78 is 6.59. The lowest BCUT2D eigenvalue weighted by atomic mass is 10.1. The lowest BCUT2D eigenvalue weighted by Crippen LogP contribution is -2.03. The van der Waals surface area contributed by atoms with Crippen LogP contribution in [-0.4, -0.2) is 27.8 Å². The number of carbonyl (C=O) groups excluding carboxylic acids is 1. The van der Waals surface area contributed by atoms with Crippen LogP contribution in [0.4, 0.5) is 0 Å². The van der Waals surface area contributed by atoms with Crippen LogP contribution in [-0.2, 0) is 11.2 Å². The second kappa shape index (κ2) is 5.97. The topological polar surface area (TPSA) is 57.0 Å². The number of rotatable bonds is 4. The largest absolute Gasteiger partial charge is 0.465 e. The van der Waals surface area contributed by atoms with E-state index in [1.165, 1.54) is 7.11 Å². The quantitative estimate of drug-likeness (QED) is 0.694. The molecule has 0 bridgehead atoms. The normalized spacial score (nSPS) is 10.8. The standard InChI is InChI=1S/C17H17N3O2/c1-3-6-15-13(17(21)22-2)11-20(19-15)16-9-4-8-14-12(16)7-5-10-18-14/h4-5,7-11H,3,6H2,1-2H3. The van der Waals surface area contributed by atoms with Gasteiger partial charge in [0, 0.05) is 17.8 Å². The predicted octanol–water partition coefficient (Wildman–Crippen LogP) is 3.16. The van der Waals surface area contributed by atoms with E-state index >= 15 is 0 Å². The Balaban J connectivity index is 2.16. The van der Waals surface area contributed by atoms with Gasteiger partial charge >= 0.3 is 5.97 Å². The second-order valence-corrected chi connectivity index (χ2v) is 5.02. The van der Waals surface area contributed by atoms with Crippen LogP contribution < -0.4 is 0 Å². The van der Waals surface area contributed by atoms with E-state index < -0.39 is 0 Å². The van der Waals surface area contributed by atoms with Crippen molar-refractivity contribution in [3.05, 3.63) is 54.0 Å². The van der Waals surface area contributed by atoms with Crippen molar-refractivity contribution in [1.82, 2.24) is 14.8 Å². The molecule has 5 nitrogen and oxygen atoms in total. The molecule has 112 valence electrons. The first-order chi connectivity index (χ1) is 10.7.